The SMILES string of the molecule is Cc1c(C(=O)Nc2ccccc2C[S@@](C)=O)nnn1-c1ccccc1Cl. The second kappa shape index (κ2) is 7.80. The predicted octanol–water partition coefficient (Wildman–Crippen LogP) is 3.36. The molecule has 8 heteroatoms. The van der Waals surface area contributed by atoms with Crippen LogP contribution in [0.2, 0.25) is 5.02 Å². The summed E-state index contributed by atoms with van der Waals surface area (Å²) >= 11 is 6.20. The number of aromatic nitrogens is 3. The van der Waals surface area contributed by atoms with Gasteiger partial charge in [-0.25, -0.2) is 4.68 Å². The highest BCUT2D eigenvalue weighted by molar-refractivity contribution is 7.83. The highest BCUT2D eigenvalue weighted by Gasteiger charge is 2.19. The molecule has 0 bridgehead atoms. The zero-order chi connectivity index (χ0) is 18.7. The monoisotopic (exact) mass is 388 g/mol. The van der Waals surface area contributed by atoms with E-state index in [9.17, 15) is 9.00 Å². The van der Waals surface area contributed by atoms with Crippen LogP contribution in [0.4, 0.5) is 5.69 Å². The third-order valence-electron chi connectivity index (χ3n) is 3.81. The van der Waals surface area contributed by atoms with E-state index in [0.29, 0.717) is 27.8 Å². The zero-order valence-corrected chi connectivity index (χ0v) is 15.8. The van der Waals surface area contributed by atoms with Crippen molar-refractivity contribution in [2.75, 3.05) is 11.6 Å². The first-order chi connectivity index (χ1) is 12.5. The normalized spacial score (nSPS) is 12.0. The quantitative estimate of drug-likeness (QED) is 0.727. The molecule has 0 aliphatic heterocycles. The topological polar surface area (TPSA) is 76.9 Å². The van der Waals surface area contributed by atoms with E-state index < -0.39 is 10.8 Å². The van der Waals surface area contributed by atoms with Gasteiger partial charge in [-0.1, -0.05) is 47.1 Å². The molecule has 3 rings (SSSR count). The molecule has 1 amide bonds. The van der Waals surface area contributed by atoms with Crippen molar-refractivity contribution in [3.8, 4) is 5.69 Å². The minimum Gasteiger partial charge on any atom is -0.320 e. The maximum Gasteiger partial charge on any atom is 0.278 e. The summed E-state index contributed by atoms with van der Waals surface area (Å²) in [5, 5.41) is 11.4. The van der Waals surface area contributed by atoms with Crippen molar-refractivity contribution in [1.29, 1.82) is 0 Å². The number of nitrogens with one attached hydrogen (secondary N) is 1. The van der Waals surface area contributed by atoms with Crippen LogP contribution in [0.3, 0.4) is 0 Å². The minimum atomic E-state index is -1.01. The average Bonchev–Trinajstić information content (AvgIpc) is 2.98. The Kier molecular flexibility index (Phi) is 5.49. The lowest BCUT2D eigenvalue weighted by Crippen LogP contribution is -2.15. The van der Waals surface area contributed by atoms with E-state index in [2.05, 4.69) is 15.6 Å². The van der Waals surface area contributed by atoms with Crippen molar-refractivity contribution in [2.45, 2.75) is 12.7 Å². The molecule has 26 heavy (non-hydrogen) atoms. The molecule has 0 fully saturated rings. The first kappa shape index (κ1) is 18.3. The number of carbonyl (C=O) groups is 1. The van der Waals surface area contributed by atoms with Gasteiger partial charge in [-0.2, -0.15) is 0 Å². The molecular weight excluding hydrogens is 372 g/mol. The van der Waals surface area contributed by atoms with E-state index >= 15 is 0 Å². The Balaban J connectivity index is 1.89. The molecule has 2 aromatic carbocycles. The van der Waals surface area contributed by atoms with Crippen molar-refractivity contribution in [3.05, 3.63) is 70.5 Å². The largest absolute Gasteiger partial charge is 0.320 e. The smallest absolute Gasteiger partial charge is 0.278 e. The molecule has 0 aliphatic carbocycles. The van der Waals surface area contributed by atoms with Gasteiger partial charge in [-0.3, -0.25) is 9.00 Å². The van der Waals surface area contributed by atoms with Crippen molar-refractivity contribution < 1.29 is 9.00 Å². The molecular formula is C18H17ClN4O2S. The molecule has 1 aromatic heterocycles. The summed E-state index contributed by atoms with van der Waals surface area (Å²) in [4.78, 5) is 12.7. The van der Waals surface area contributed by atoms with E-state index in [1.165, 1.54) is 4.68 Å². The van der Waals surface area contributed by atoms with Gasteiger partial charge in [0.25, 0.3) is 5.91 Å². The maximum atomic E-state index is 12.7. The molecule has 134 valence electrons. The summed E-state index contributed by atoms with van der Waals surface area (Å²) in [5.41, 5.74) is 2.85. The van der Waals surface area contributed by atoms with Crippen LogP contribution in [0.15, 0.2) is 48.5 Å². The van der Waals surface area contributed by atoms with E-state index in [1.807, 2.05) is 30.3 Å². The summed E-state index contributed by atoms with van der Waals surface area (Å²) in [6.07, 6.45) is 1.62. The first-order valence-corrected chi connectivity index (χ1v) is 9.94. The second-order valence-corrected chi connectivity index (χ2v) is 7.56. The van der Waals surface area contributed by atoms with Crippen molar-refractivity contribution >= 4 is 34.0 Å². The standard InChI is InChI=1S/C18H17ClN4O2S/c1-12-17(21-22-23(12)16-10-6-4-8-14(16)19)18(24)20-15-9-5-3-7-13(15)11-26(2)25/h3-10H,11H2,1-2H3,(H,20,24)/t26-/m1/s1. The number of nitrogens with zero attached hydrogens (tertiary/aromatic N) is 3. The highest BCUT2D eigenvalue weighted by Crippen LogP contribution is 2.22. The predicted molar refractivity (Wildman–Crippen MR) is 103 cm³/mol. The Hall–Kier alpha value is -2.51. The molecule has 3 aromatic rings. The summed E-state index contributed by atoms with van der Waals surface area (Å²) < 4.78 is 13.1. The van der Waals surface area contributed by atoms with Crippen LogP contribution in [-0.4, -0.2) is 31.4 Å². The van der Waals surface area contributed by atoms with E-state index in [0.717, 1.165) is 5.56 Å². The highest BCUT2D eigenvalue weighted by atomic mass is 35.5. The number of halogens is 1. The number of amides is 1. The number of hydrogen-bond acceptors (Lipinski definition) is 4. The van der Waals surface area contributed by atoms with Gasteiger partial charge in [-0.15, -0.1) is 5.10 Å². The summed E-state index contributed by atoms with van der Waals surface area (Å²) in [6, 6.07) is 14.5. The summed E-state index contributed by atoms with van der Waals surface area (Å²) in [7, 11) is -1.01. The van der Waals surface area contributed by atoms with Gasteiger partial charge in [0.05, 0.1) is 22.2 Å². The molecule has 1 heterocycles. The Labute approximate surface area is 158 Å². The van der Waals surface area contributed by atoms with Crippen LogP contribution < -0.4 is 5.32 Å². The number of rotatable bonds is 5. The molecule has 0 spiro atoms. The van der Waals surface area contributed by atoms with Gasteiger partial charge in [-0.05, 0) is 30.7 Å². The van der Waals surface area contributed by atoms with Crippen molar-refractivity contribution in [1.82, 2.24) is 15.0 Å². The number of carbonyl (C=O) groups excluding carboxylic acids is 1. The van der Waals surface area contributed by atoms with Crippen LogP contribution in [0.1, 0.15) is 21.7 Å². The fourth-order valence-electron chi connectivity index (χ4n) is 2.56. The summed E-state index contributed by atoms with van der Waals surface area (Å²) in [6.45, 7) is 1.76. The van der Waals surface area contributed by atoms with Crippen molar-refractivity contribution in [2.24, 2.45) is 0 Å². The lowest BCUT2D eigenvalue weighted by Gasteiger charge is -2.10. The molecule has 0 radical (unpaired) electrons. The fraction of sp³-hybridized carbons (Fsp3) is 0.167. The van der Waals surface area contributed by atoms with Crippen LogP contribution in [0.25, 0.3) is 5.69 Å². The number of benzene rings is 2. The van der Waals surface area contributed by atoms with Gasteiger partial charge in [0.1, 0.15) is 0 Å². The van der Waals surface area contributed by atoms with Gasteiger partial charge in [0, 0.05) is 22.7 Å². The number of para-hydroxylation sites is 2. The third kappa shape index (κ3) is 3.84. The Morgan fingerprint density at radius 1 is 1.19 bits per heavy atom. The van der Waals surface area contributed by atoms with Crippen molar-refractivity contribution in [3.63, 3.8) is 0 Å². The van der Waals surface area contributed by atoms with Crippen LogP contribution in [0.5, 0.6) is 0 Å². The van der Waals surface area contributed by atoms with E-state index in [-0.39, 0.29) is 11.6 Å². The van der Waals surface area contributed by atoms with E-state index in [4.69, 9.17) is 11.6 Å². The van der Waals surface area contributed by atoms with Gasteiger partial charge in [0.15, 0.2) is 5.69 Å². The zero-order valence-electron chi connectivity index (χ0n) is 14.3. The summed E-state index contributed by atoms with van der Waals surface area (Å²) in [5.74, 6) is -0.0167. The Bertz CT molecular complexity index is 987. The van der Waals surface area contributed by atoms with Gasteiger partial charge >= 0.3 is 0 Å². The van der Waals surface area contributed by atoms with Gasteiger partial charge < -0.3 is 5.32 Å². The first-order valence-electron chi connectivity index (χ1n) is 7.84. The second-order valence-electron chi connectivity index (χ2n) is 5.72. The number of anilines is 1. The molecule has 0 aliphatic rings. The van der Waals surface area contributed by atoms with Gasteiger partial charge in [0.2, 0.25) is 0 Å². The molecule has 0 unspecified atom stereocenters. The maximum absolute atomic E-state index is 12.7. The van der Waals surface area contributed by atoms with Crippen LogP contribution in [-0.2, 0) is 16.6 Å². The fourth-order valence-corrected chi connectivity index (χ4v) is 3.47. The van der Waals surface area contributed by atoms with Crippen LogP contribution in [0, 0.1) is 6.92 Å². The average molecular weight is 389 g/mol. The molecule has 1 N–H and O–H groups in total. The minimum absolute atomic E-state index is 0.206. The molecule has 0 saturated carbocycles. The number of hydrogen-bond donors (Lipinski definition) is 1. The lowest BCUT2D eigenvalue weighted by atomic mass is 10.2. The Morgan fingerprint density at radius 2 is 1.88 bits per heavy atom. The molecule has 1 atom stereocenters. The lowest BCUT2D eigenvalue weighted by molar-refractivity contribution is 0.102. The Morgan fingerprint density at radius 3 is 2.62 bits per heavy atom. The molecule has 0 saturated heterocycles. The third-order valence-corrected chi connectivity index (χ3v) is 4.85. The van der Waals surface area contributed by atoms with E-state index in [1.54, 1.807) is 31.4 Å². The van der Waals surface area contributed by atoms with Crippen LogP contribution >= 0.6 is 11.6 Å². The molecule has 6 nitrogen and oxygen atoms in total.